The lowest BCUT2D eigenvalue weighted by atomic mass is 10.3. The molecule has 1 saturated heterocycles. The molecule has 0 bridgehead atoms. The monoisotopic (exact) mass is 421 g/mol. The van der Waals surface area contributed by atoms with Crippen LogP contribution in [0.25, 0.3) is 0 Å². The maximum Gasteiger partial charge on any atom is 0.353 e. The van der Waals surface area contributed by atoms with Gasteiger partial charge in [0.1, 0.15) is 0 Å². The third-order valence-corrected chi connectivity index (χ3v) is 8.36. The molecule has 0 saturated carbocycles. The van der Waals surface area contributed by atoms with Crippen LogP contribution in [0, 0.1) is 0 Å². The summed E-state index contributed by atoms with van der Waals surface area (Å²) in [7, 11) is -8.11. The number of hydrogen-bond acceptors (Lipinski definition) is 5. The van der Waals surface area contributed by atoms with Crippen molar-refractivity contribution in [2.75, 3.05) is 0 Å². The highest BCUT2D eigenvalue weighted by atomic mass is 35.6. The summed E-state index contributed by atoms with van der Waals surface area (Å²) in [6.45, 7) is 3.26. The van der Waals surface area contributed by atoms with Gasteiger partial charge in [-0.2, -0.15) is 4.72 Å². The Hall–Kier alpha value is 0.150. The molecule has 1 aromatic rings. The first-order valence-electron chi connectivity index (χ1n) is 6.56. The first-order valence-corrected chi connectivity index (χ1v) is 10.8. The summed E-state index contributed by atoms with van der Waals surface area (Å²) >= 11 is 17.5. The van der Waals surface area contributed by atoms with Crippen LogP contribution in [-0.2, 0) is 23.6 Å². The second-order valence-electron chi connectivity index (χ2n) is 5.04. The molecule has 11 heteroatoms. The molecule has 1 aliphatic rings. The zero-order chi connectivity index (χ0) is 17.5. The van der Waals surface area contributed by atoms with Crippen LogP contribution >= 0.6 is 42.4 Å². The Morgan fingerprint density at radius 2 is 1.61 bits per heavy atom. The highest BCUT2D eigenvalue weighted by Crippen LogP contribution is 2.64. The largest absolute Gasteiger partial charge is 0.353 e. The second-order valence-corrected chi connectivity index (χ2v) is 11.1. The van der Waals surface area contributed by atoms with E-state index < -0.39 is 39.4 Å². The Morgan fingerprint density at radius 3 is 2.04 bits per heavy atom. The van der Waals surface area contributed by atoms with Gasteiger partial charge in [0, 0.05) is 0 Å². The molecule has 0 spiro atoms. The minimum atomic E-state index is -4.09. The zero-order valence-corrected chi connectivity index (χ0v) is 16.1. The van der Waals surface area contributed by atoms with Gasteiger partial charge in [-0.15, -0.1) is 0 Å². The van der Waals surface area contributed by atoms with E-state index in [4.69, 9.17) is 43.9 Å². The van der Waals surface area contributed by atoms with Crippen LogP contribution in [0.15, 0.2) is 35.2 Å². The van der Waals surface area contributed by atoms with E-state index in [0.29, 0.717) is 0 Å². The van der Waals surface area contributed by atoms with Crippen molar-refractivity contribution in [1.82, 2.24) is 4.72 Å². The van der Waals surface area contributed by atoms with Crippen molar-refractivity contribution in [3.8, 4) is 0 Å². The van der Waals surface area contributed by atoms with Gasteiger partial charge in [0.15, 0.2) is 5.78 Å². The van der Waals surface area contributed by atoms with Gasteiger partial charge in [-0.3, -0.25) is 4.57 Å². The fourth-order valence-corrected chi connectivity index (χ4v) is 7.32. The molecule has 0 amide bonds. The quantitative estimate of drug-likeness (QED) is 0.591. The molecule has 4 atom stereocenters. The summed E-state index contributed by atoms with van der Waals surface area (Å²) in [6, 6.07) is 7.44. The normalized spacial score (nSPS) is 30.3. The highest BCUT2D eigenvalue weighted by molar-refractivity contribution is 7.89. The van der Waals surface area contributed by atoms with Gasteiger partial charge < -0.3 is 9.05 Å². The fourth-order valence-electron chi connectivity index (χ4n) is 1.91. The Balaban J connectivity index is 2.37. The predicted molar refractivity (Wildman–Crippen MR) is 89.5 cm³/mol. The molecule has 0 radical (unpaired) electrons. The van der Waals surface area contributed by atoms with E-state index in [9.17, 15) is 13.0 Å². The summed E-state index contributed by atoms with van der Waals surface area (Å²) < 4.78 is 48.2. The summed E-state index contributed by atoms with van der Waals surface area (Å²) in [5.74, 6) is -1.68. The molecule has 1 aliphatic heterocycles. The molecule has 6 nitrogen and oxygen atoms in total. The van der Waals surface area contributed by atoms with Crippen LogP contribution in [0.1, 0.15) is 13.8 Å². The number of alkyl halides is 3. The number of benzene rings is 1. The van der Waals surface area contributed by atoms with Crippen molar-refractivity contribution in [1.29, 1.82) is 0 Å². The van der Waals surface area contributed by atoms with Gasteiger partial charge in [0.05, 0.1) is 17.1 Å². The number of hydrogen-bond donors (Lipinski definition) is 1. The lowest BCUT2D eigenvalue weighted by molar-refractivity contribution is 0.187. The Labute approximate surface area is 150 Å². The molecule has 1 fully saturated rings. The summed E-state index contributed by atoms with van der Waals surface area (Å²) in [6.07, 6.45) is -1.06. The van der Waals surface area contributed by atoms with Crippen molar-refractivity contribution in [2.45, 2.75) is 40.5 Å². The maximum absolute atomic E-state index is 12.9. The van der Waals surface area contributed by atoms with Gasteiger partial charge in [-0.1, -0.05) is 53.0 Å². The number of nitrogens with one attached hydrogen (secondary N) is 1. The molecule has 0 aliphatic carbocycles. The minimum absolute atomic E-state index is 0.0638. The molecule has 130 valence electrons. The summed E-state index contributed by atoms with van der Waals surface area (Å²) in [4.78, 5) is -0.0638. The molecule has 1 heterocycles. The molecular formula is C12H15Cl3NO5PS. The average Bonchev–Trinajstić information content (AvgIpc) is 2.70. The van der Waals surface area contributed by atoms with Crippen LogP contribution in [0.2, 0.25) is 0 Å². The van der Waals surface area contributed by atoms with Gasteiger partial charge in [0.25, 0.3) is 0 Å². The third-order valence-electron chi connectivity index (χ3n) is 3.23. The third kappa shape index (κ3) is 4.41. The lowest BCUT2D eigenvalue weighted by Crippen LogP contribution is -2.43. The van der Waals surface area contributed by atoms with Crippen molar-refractivity contribution in [3.63, 3.8) is 0 Å². The van der Waals surface area contributed by atoms with Gasteiger partial charge in [-0.05, 0) is 26.0 Å². The fraction of sp³-hybridized carbons (Fsp3) is 0.500. The molecule has 1 N–H and O–H groups in total. The van der Waals surface area contributed by atoms with Crippen LogP contribution in [0.3, 0.4) is 0 Å². The van der Waals surface area contributed by atoms with E-state index in [1.807, 2.05) is 0 Å². The smallest absolute Gasteiger partial charge is 0.302 e. The van der Waals surface area contributed by atoms with Crippen LogP contribution < -0.4 is 4.72 Å². The van der Waals surface area contributed by atoms with Gasteiger partial charge >= 0.3 is 7.60 Å². The van der Waals surface area contributed by atoms with E-state index >= 15 is 0 Å². The standard InChI is InChI=1S/C12H15Cl3NO5PS/c1-8-9(2)21-22(17,20-8)11(12(13,14)15)16-23(18,19)10-6-4-3-5-7-10/h3-9,11,16H,1-2H3/t8-,9+,11-,22?/m0/s1. The maximum atomic E-state index is 12.9. The van der Waals surface area contributed by atoms with Crippen molar-refractivity contribution < 1.29 is 22.0 Å². The second kappa shape index (κ2) is 6.81. The van der Waals surface area contributed by atoms with E-state index in [1.54, 1.807) is 19.9 Å². The number of sulfonamides is 1. The van der Waals surface area contributed by atoms with Crippen LogP contribution in [-0.4, -0.2) is 30.2 Å². The lowest BCUT2D eigenvalue weighted by Gasteiger charge is -2.28. The minimum Gasteiger partial charge on any atom is -0.302 e. The molecule has 0 aromatic heterocycles. The van der Waals surface area contributed by atoms with Crippen molar-refractivity contribution in [3.05, 3.63) is 30.3 Å². The SMILES string of the molecule is C[C@@H]1OP(=O)([C@H](NS(=O)(=O)c2ccccc2)C(Cl)(Cl)Cl)O[C@@H]1C. The molecule has 1 aromatic carbocycles. The zero-order valence-electron chi connectivity index (χ0n) is 12.1. The molecular weight excluding hydrogens is 408 g/mol. The van der Waals surface area contributed by atoms with E-state index in [1.165, 1.54) is 24.3 Å². The van der Waals surface area contributed by atoms with Crippen molar-refractivity contribution in [2.24, 2.45) is 0 Å². The summed E-state index contributed by atoms with van der Waals surface area (Å²) in [5.41, 5.74) is 0. The van der Waals surface area contributed by atoms with Gasteiger partial charge in [0.2, 0.25) is 13.8 Å². The Kier molecular flexibility index (Phi) is 5.76. The predicted octanol–water partition coefficient (Wildman–Crippen LogP) is 3.68. The Morgan fingerprint density at radius 1 is 1.13 bits per heavy atom. The Bertz CT molecular complexity index is 695. The van der Waals surface area contributed by atoms with E-state index in [0.717, 1.165) is 0 Å². The van der Waals surface area contributed by atoms with Crippen LogP contribution in [0.4, 0.5) is 0 Å². The average molecular weight is 423 g/mol. The first kappa shape index (κ1) is 19.5. The van der Waals surface area contributed by atoms with Gasteiger partial charge in [-0.25, -0.2) is 8.42 Å². The van der Waals surface area contributed by atoms with Crippen molar-refractivity contribution >= 4 is 52.4 Å². The summed E-state index contributed by atoms with van der Waals surface area (Å²) in [5, 5.41) is 0. The van der Waals surface area contributed by atoms with E-state index in [2.05, 4.69) is 4.72 Å². The van der Waals surface area contributed by atoms with Crippen LogP contribution in [0.5, 0.6) is 0 Å². The number of rotatable bonds is 4. The molecule has 2 rings (SSSR count). The van der Waals surface area contributed by atoms with E-state index in [-0.39, 0.29) is 4.90 Å². The molecule has 23 heavy (non-hydrogen) atoms. The molecule has 1 unspecified atom stereocenters. The topological polar surface area (TPSA) is 81.7 Å². The first-order chi connectivity index (χ1) is 10.5. The number of halogens is 3. The highest BCUT2D eigenvalue weighted by Gasteiger charge is 2.55.